The van der Waals surface area contributed by atoms with Crippen LogP contribution in [0.15, 0.2) is 30.3 Å². The summed E-state index contributed by atoms with van der Waals surface area (Å²) in [5.74, 6) is -0.852. The largest absolute Gasteiger partial charge is 0.480 e. The first kappa shape index (κ1) is 17.3. The van der Waals surface area contributed by atoms with E-state index < -0.39 is 18.1 Å². The van der Waals surface area contributed by atoms with Gasteiger partial charge < -0.3 is 20.5 Å². The normalized spacial score (nSPS) is 21.0. The number of carboxylic acid groups (broad SMARTS) is 1. The van der Waals surface area contributed by atoms with Crippen molar-refractivity contribution in [1.29, 1.82) is 0 Å². The maximum Gasteiger partial charge on any atom is 0.407 e. The lowest BCUT2D eigenvalue weighted by atomic mass is 10.0. The molecule has 1 heterocycles. The average molecular weight is 315 g/mol. The van der Waals surface area contributed by atoms with Gasteiger partial charge in [0.15, 0.2) is 0 Å². The second kappa shape index (κ2) is 8.49. The predicted octanol–water partition coefficient (Wildman–Crippen LogP) is 1.54. The number of alkyl carbamates (subject to hydrolysis) is 1. The summed E-state index contributed by atoms with van der Waals surface area (Å²) >= 11 is 0. The third-order valence-corrected chi connectivity index (χ3v) is 3.25. The van der Waals surface area contributed by atoms with Crippen LogP contribution in [0.1, 0.15) is 18.4 Å². The molecule has 0 spiro atoms. The Morgan fingerprint density at radius 2 is 2.00 bits per heavy atom. The minimum atomic E-state index is -0.852. The van der Waals surface area contributed by atoms with Crippen molar-refractivity contribution in [2.45, 2.75) is 31.5 Å². The van der Waals surface area contributed by atoms with Gasteiger partial charge in [-0.2, -0.15) is 0 Å². The summed E-state index contributed by atoms with van der Waals surface area (Å²) in [6.07, 6.45) is 0.651. The molecule has 0 radical (unpaired) electrons. The van der Waals surface area contributed by atoms with Gasteiger partial charge in [-0.3, -0.25) is 4.79 Å². The van der Waals surface area contributed by atoms with E-state index in [4.69, 9.17) is 9.84 Å². The topological polar surface area (TPSA) is 87.7 Å². The van der Waals surface area contributed by atoms with Gasteiger partial charge in [-0.15, -0.1) is 12.4 Å². The first-order valence-corrected chi connectivity index (χ1v) is 6.58. The summed E-state index contributed by atoms with van der Waals surface area (Å²) in [4.78, 5) is 22.4. The van der Waals surface area contributed by atoms with E-state index in [0.29, 0.717) is 19.4 Å². The Kier molecular flexibility index (Phi) is 6.98. The average Bonchev–Trinajstić information content (AvgIpc) is 2.47. The molecule has 21 heavy (non-hydrogen) atoms. The fourth-order valence-corrected chi connectivity index (χ4v) is 2.12. The summed E-state index contributed by atoms with van der Waals surface area (Å²) in [6.45, 7) is 0.669. The molecule has 6 nitrogen and oxygen atoms in total. The lowest BCUT2D eigenvalue weighted by molar-refractivity contribution is -0.140. The quantitative estimate of drug-likeness (QED) is 0.784. The minimum Gasteiger partial charge on any atom is -0.480 e. The number of carbonyl (C=O) groups excluding carboxylic acids is 1. The second-order valence-electron chi connectivity index (χ2n) is 4.78. The lowest BCUT2D eigenvalue weighted by Gasteiger charge is -2.27. The van der Waals surface area contributed by atoms with Crippen molar-refractivity contribution in [3.63, 3.8) is 0 Å². The predicted molar refractivity (Wildman–Crippen MR) is 79.5 cm³/mol. The van der Waals surface area contributed by atoms with Gasteiger partial charge in [0.05, 0.1) is 0 Å². The molecule has 7 heteroatoms. The van der Waals surface area contributed by atoms with Crippen LogP contribution in [0, 0.1) is 0 Å². The van der Waals surface area contributed by atoms with Gasteiger partial charge in [-0.05, 0) is 18.4 Å². The third-order valence-electron chi connectivity index (χ3n) is 3.25. The smallest absolute Gasteiger partial charge is 0.407 e. The third kappa shape index (κ3) is 5.61. The van der Waals surface area contributed by atoms with Crippen LogP contribution in [0.25, 0.3) is 0 Å². The molecule has 0 aliphatic carbocycles. The van der Waals surface area contributed by atoms with Crippen molar-refractivity contribution < 1.29 is 19.4 Å². The number of amides is 1. The summed E-state index contributed by atoms with van der Waals surface area (Å²) in [7, 11) is 0. The first-order chi connectivity index (χ1) is 9.65. The zero-order chi connectivity index (χ0) is 14.4. The highest BCUT2D eigenvalue weighted by Gasteiger charge is 2.26. The molecule has 1 aromatic rings. The van der Waals surface area contributed by atoms with E-state index in [0.717, 1.165) is 5.56 Å². The number of ether oxygens (including phenoxy) is 1. The van der Waals surface area contributed by atoms with Gasteiger partial charge in [-0.1, -0.05) is 30.3 Å². The molecule has 3 N–H and O–H groups in total. The number of aliphatic carboxylic acids is 1. The highest BCUT2D eigenvalue weighted by Crippen LogP contribution is 2.09. The first-order valence-electron chi connectivity index (χ1n) is 6.58. The molecule has 1 aliphatic rings. The van der Waals surface area contributed by atoms with E-state index in [1.807, 2.05) is 30.3 Å². The molecule has 0 unspecified atom stereocenters. The van der Waals surface area contributed by atoms with Gasteiger partial charge in [-0.25, -0.2) is 4.79 Å². The molecule has 116 valence electrons. The maximum absolute atomic E-state index is 11.6. The molecule has 0 aromatic heterocycles. The highest BCUT2D eigenvalue weighted by molar-refractivity contribution is 5.85. The molecule has 1 aromatic carbocycles. The Bertz CT molecular complexity index is 461. The van der Waals surface area contributed by atoms with E-state index in [-0.39, 0.29) is 25.1 Å². The van der Waals surface area contributed by atoms with Crippen LogP contribution in [0.5, 0.6) is 0 Å². The van der Waals surface area contributed by atoms with E-state index in [9.17, 15) is 9.59 Å². The highest BCUT2D eigenvalue weighted by atomic mass is 35.5. The number of halogens is 1. The standard InChI is InChI=1S/C14H18N2O4.ClH/c17-13(18)12-7-6-11(8-15-12)16-14(19)20-9-10-4-2-1-3-5-10;/h1-5,11-12,15H,6-9H2,(H,16,19)(H,17,18);1H/t11-,12+;/m1./s1. The van der Waals surface area contributed by atoms with Crippen molar-refractivity contribution in [2.24, 2.45) is 0 Å². The van der Waals surface area contributed by atoms with Crippen molar-refractivity contribution in [3.8, 4) is 0 Å². The second-order valence-corrected chi connectivity index (χ2v) is 4.78. The monoisotopic (exact) mass is 314 g/mol. The van der Waals surface area contributed by atoms with Gasteiger partial charge in [0.2, 0.25) is 0 Å². The van der Waals surface area contributed by atoms with Gasteiger partial charge in [0.25, 0.3) is 0 Å². The van der Waals surface area contributed by atoms with Gasteiger partial charge in [0, 0.05) is 12.6 Å². The Morgan fingerprint density at radius 1 is 1.29 bits per heavy atom. The maximum atomic E-state index is 11.6. The van der Waals surface area contributed by atoms with E-state index in [2.05, 4.69) is 10.6 Å². The number of hydrogen-bond acceptors (Lipinski definition) is 4. The van der Waals surface area contributed by atoms with Crippen molar-refractivity contribution in [3.05, 3.63) is 35.9 Å². The minimum absolute atomic E-state index is 0. The van der Waals surface area contributed by atoms with Crippen LogP contribution >= 0.6 is 12.4 Å². The summed E-state index contributed by atoms with van der Waals surface area (Å²) in [6, 6.07) is 8.82. The number of benzene rings is 1. The van der Waals surface area contributed by atoms with Crippen LogP contribution in [0.4, 0.5) is 4.79 Å². The van der Waals surface area contributed by atoms with E-state index >= 15 is 0 Å². The molecule has 1 saturated heterocycles. The van der Waals surface area contributed by atoms with Crippen LogP contribution in [0.2, 0.25) is 0 Å². The fourth-order valence-electron chi connectivity index (χ4n) is 2.12. The van der Waals surface area contributed by atoms with Crippen LogP contribution in [0.3, 0.4) is 0 Å². The number of nitrogens with one attached hydrogen (secondary N) is 2. The van der Waals surface area contributed by atoms with E-state index in [1.54, 1.807) is 0 Å². The summed E-state index contributed by atoms with van der Waals surface area (Å²) in [5.41, 5.74) is 0.926. The number of rotatable bonds is 4. The van der Waals surface area contributed by atoms with Crippen LogP contribution < -0.4 is 10.6 Å². The fraction of sp³-hybridized carbons (Fsp3) is 0.429. The molecule has 2 atom stereocenters. The van der Waals surface area contributed by atoms with Crippen molar-refractivity contribution >= 4 is 24.5 Å². The number of piperidine rings is 1. The van der Waals surface area contributed by atoms with Gasteiger partial charge in [0.1, 0.15) is 12.6 Å². The van der Waals surface area contributed by atoms with Gasteiger partial charge >= 0.3 is 12.1 Å². The molecule has 0 bridgehead atoms. The summed E-state index contributed by atoms with van der Waals surface area (Å²) in [5, 5.41) is 14.5. The molecular weight excluding hydrogens is 296 g/mol. The van der Waals surface area contributed by atoms with Crippen LogP contribution in [-0.4, -0.2) is 35.8 Å². The number of carboxylic acids is 1. The molecule has 2 rings (SSSR count). The summed E-state index contributed by atoms with van der Waals surface area (Å²) < 4.78 is 5.11. The van der Waals surface area contributed by atoms with Crippen LogP contribution in [-0.2, 0) is 16.1 Å². The molecule has 1 aliphatic heterocycles. The SMILES string of the molecule is Cl.O=C(N[C@@H]1CC[C@@H](C(=O)O)NC1)OCc1ccccc1. The van der Waals surface area contributed by atoms with Crippen molar-refractivity contribution in [1.82, 2.24) is 10.6 Å². The molecule has 1 amide bonds. The molecule has 0 saturated carbocycles. The molecular formula is C14H19ClN2O4. The van der Waals surface area contributed by atoms with Crippen molar-refractivity contribution in [2.75, 3.05) is 6.54 Å². The van der Waals surface area contributed by atoms with E-state index in [1.165, 1.54) is 0 Å². The number of hydrogen-bond donors (Lipinski definition) is 3. The Labute approximate surface area is 129 Å². The number of carbonyl (C=O) groups is 2. The zero-order valence-corrected chi connectivity index (χ0v) is 12.3. The molecule has 1 fully saturated rings. The zero-order valence-electron chi connectivity index (χ0n) is 11.5. The Morgan fingerprint density at radius 3 is 2.57 bits per heavy atom. The lowest BCUT2D eigenvalue weighted by Crippen LogP contribution is -2.52. The Hall–Kier alpha value is -1.79. The Balaban J connectivity index is 0.00000220.